The van der Waals surface area contributed by atoms with E-state index in [4.69, 9.17) is 29.7 Å². The SMILES string of the molecule is CC(C)(O)CCOc1cnc(N2CCC(c3nc4c(c(C5CCC(F)(F)CC5)c3[C@@H](F)c3ccc(C(F)(F)F)cc3)[C@@H](O)CC(C)(C)C4)CC2)nc1.CC(C)(O)CCOc1cnc(N2CCC(c3nc4c(c(C5CCC(F)(F)CC5)c3[C@@H](F)c3ccc(C(F)(F)F)cc3)[C@@H](O)CC(C)(C)C4)CC2)nc1.O=C(O)/C=C/C(=O)O. The predicted octanol–water partition coefficient (Wildman–Crippen LogP) is 18.1. The van der Waals surface area contributed by atoms with Crippen LogP contribution in [0.5, 0.6) is 11.5 Å². The lowest BCUT2D eigenvalue weighted by Gasteiger charge is -2.41. The van der Waals surface area contributed by atoms with Gasteiger partial charge in [0.15, 0.2) is 23.8 Å². The van der Waals surface area contributed by atoms with Crippen molar-refractivity contribution in [3.8, 4) is 11.5 Å². The number of ether oxygens (including phenoxy) is 2. The molecule has 4 aliphatic carbocycles. The predicted molar refractivity (Wildman–Crippen MR) is 393 cm³/mol. The Morgan fingerprint density at radius 2 is 0.804 bits per heavy atom. The number of rotatable bonds is 20. The van der Waals surface area contributed by atoms with Gasteiger partial charge < -0.3 is 49.9 Å². The van der Waals surface area contributed by atoms with E-state index < -0.39 is 94.9 Å². The van der Waals surface area contributed by atoms with Gasteiger partial charge in [-0.3, -0.25) is 9.97 Å². The van der Waals surface area contributed by atoms with Crippen LogP contribution in [0.1, 0.15) is 285 Å². The summed E-state index contributed by atoms with van der Waals surface area (Å²) in [5, 5.41) is 58.7. The van der Waals surface area contributed by atoms with E-state index in [1.54, 1.807) is 52.5 Å². The Hall–Kier alpha value is -8.22. The number of aromatic nitrogens is 6. The maximum absolute atomic E-state index is 17.3. The zero-order valence-electron chi connectivity index (χ0n) is 64.1. The quantitative estimate of drug-likeness (QED) is 0.0307. The number of hydrogen-bond donors (Lipinski definition) is 6. The summed E-state index contributed by atoms with van der Waals surface area (Å²) in [6.07, 6.45) is -3.80. The number of fused-ring (bicyclic) bond motifs is 2. The molecule has 0 bridgehead atoms. The van der Waals surface area contributed by atoms with Crippen molar-refractivity contribution in [2.45, 2.75) is 255 Å². The maximum Gasteiger partial charge on any atom is 0.416 e. The van der Waals surface area contributed by atoms with E-state index in [0.29, 0.717) is 184 Å². The number of benzene rings is 2. The van der Waals surface area contributed by atoms with E-state index in [-0.39, 0.29) is 96.3 Å². The number of halogens is 12. The highest BCUT2D eigenvalue weighted by Gasteiger charge is 2.47. The highest BCUT2D eigenvalue weighted by atomic mass is 19.4. The molecule has 0 spiro atoms. The first-order valence-corrected chi connectivity index (χ1v) is 38.1. The van der Waals surface area contributed by atoms with Crippen LogP contribution in [0.25, 0.3) is 0 Å². The van der Waals surface area contributed by atoms with Crippen molar-refractivity contribution in [1.29, 1.82) is 0 Å². The van der Waals surface area contributed by atoms with Crippen LogP contribution in [0.3, 0.4) is 0 Å². The number of aliphatic hydroxyl groups is 4. The first-order valence-electron chi connectivity index (χ1n) is 38.1. The van der Waals surface area contributed by atoms with Gasteiger partial charge in [0.2, 0.25) is 23.7 Å². The van der Waals surface area contributed by atoms with Crippen molar-refractivity contribution in [3.05, 3.63) is 164 Å². The van der Waals surface area contributed by atoms with Crippen LogP contribution in [-0.4, -0.2) is 135 Å². The summed E-state index contributed by atoms with van der Waals surface area (Å²) in [6, 6.07) is 7.95. The molecule has 6 aliphatic rings. The summed E-state index contributed by atoms with van der Waals surface area (Å²) in [6.45, 7) is 17.6. The third kappa shape index (κ3) is 22.4. The number of carbonyl (C=O) groups is 2. The van der Waals surface area contributed by atoms with Gasteiger partial charge in [-0.05, 0) is 174 Å². The molecule has 0 unspecified atom stereocenters. The smallest absolute Gasteiger partial charge is 0.416 e. The molecule has 112 heavy (non-hydrogen) atoms. The molecule has 4 aromatic heterocycles. The van der Waals surface area contributed by atoms with E-state index in [9.17, 15) is 73.9 Å². The number of carboxylic acids is 2. The van der Waals surface area contributed by atoms with Crippen molar-refractivity contribution in [2.75, 3.05) is 49.2 Å². The molecular formula is C82H100F12N8O10. The van der Waals surface area contributed by atoms with Crippen molar-refractivity contribution < 1.29 is 102 Å². The number of anilines is 2. The molecule has 18 nitrogen and oxygen atoms in total. The van der Waals surface area contributed by atoms with E-state index in [2.05, 4.69) is 19.9 Å². The molecule has 12 rings (SSSR count). The molecule has 4 fully saturated rings. The Kier molecular flexibility index (Phi) is 26.5. The number of hydrogen-bond acceptors (Lipinski definition) is 16. The summed E-state index contributed by atoms with van der Waals surface area (Å²) >= 11 is 0. The number of alkyl halides is 12. The van der Waals surface area contributed by atoms with Gasteiger partial charge in [0.25, 0.3) is 0 Å². The molecule has 30 heteroatoms. The van der Waals surface area contributed by atoms with E-state index >= 15 is 8.78 Å². The van der Waals surface area contributed by atoms with Gasteiger partial charge in [0.1, 0.15) is 0 Å². The topological polar surface area (TPSA) is 258 Å². The van der Waals surface area contributed by atoms with Crippen molar-refractivity contribution >= 4 is 23.8 Å². The third-order valence-electron chi connectivity index (χ3n) is 22.0. The molecule has 2 aliphatic heterocycles. The van der Waals surface area contributed by atoms with Crippen LogP contribution in [0, 0.1) is 10.8 Å². The highest BCUT2D eigenvalue weighted by molar-refractivity contribution is 5.89. The summed E-state index contributed by atoms with van der Waals surface area (Å²) in [7, 11) is 0. The Labute approximate surface area is 643 Å². The van der Waals surface area contributed by atoms with Crippen LogP contribution < -0.4 is 19.3 Å². The lowest BCUT2D eigenvalue weighted by Crippen LogP contribution is -2.36. The fraction of sp³-hybridized carbons (Fsp3) is 0.585. The van der Waals surface area contributed by atoms with Gasteiger partial charge in [0, 0.05) is 122 Å². The number of nitrogens with zero attached hydrogens (tertiary/aromatic N) is 8. The molecular weight excluding hydrogens is 1480 g/mol. The number of pyridine rings is 2. The molecule has 0 amide bonds. The van der Waals surface area contributed by atoms with Gasteiger partial charge in [0.05, 0.1) is 83.9 Å². The summed E-state index contributed by atoms with van der Waals surface area (Å²) in [5.41, 5.74) is 0.546. The van der Waals surface area contributed by atoms with Gasteiger partial charge in [-0.25, -0.2) is 55.9 Å². The second kappa shape index (κ2) is 34.5. The zero-order chi connectivity index (χ0) is 81.8. The molecule has 2 saturated carbocycles. The number of carboxylic acid groups (broad SMARTS) is 2. The Bertz CT molecular complexity index is 3950. The molecule has 4 atom stereocenters. The lowest BCUT2D eigenvalue weighted by molar-refractivity contribution is -0.138. The lowest BCUT2D eigenvalue weighted by atomic mass is 9.68. The fourth-order valence-corrected chi connectivity index (χ4v) is 16.2. The second-order valence-electron chi connectivity index (χ2n) is 33.5. The van der Waals surface area contributed by atoms with Gasteiger partial charge in [-0.2, -0.15) is 26.3 Å². The summed E-state index contributed by atoms with van der Waals surface area (Å²) < 4.78 is 185. The third-order valence-corrected chi connectivity index (χ3v) is 22.0. The van der Waals surface area contributed by atoms with Crippen molar-refractivity contribution in [2.24, 2.45) is 10.8 Å². The largest absolute Gasteiger partial charge is 0.490 e. The van der Waals surface area contributed by atoms with Crippen LogP contribution in [0.2, 0.25) is 0 Å². The molecule has 6 N–H and O–H groups in total. The van der Waals surface area contributed by atoms with Gasteiger partial charge >= 0.3 is 24.3 Å². The molecule has 2 saturated heterocycles. The Balaban J connectivity index is 0.000000216. The molecule has 612 valence electrons. The molecule has 0 radical (unpaired) electrons. The Morgan fingerprint density at radius 3 is 1.08 bits per heavy atom. The monoisotopic (exact) mass is 1580 g/mol. The number of aliphatic carboxylic acids is 2. The molecule has 2 aromatic carbocycles. The van der Waals surface area contributed by atoms with E-state index in [0.717, 1.165) is 48.5 Å². The number of aliphatic hydroxyl groups excluding tert-OH is 2. The summed E-state index contributed by atoms with van der Waals surface area (Å²) in [5.74, 6) is -7.70. The van der Waals surface area contributed by atoms with Gasteiger partial charge in [-0.15, -0.1) is 0 Å². The van der Waals surface area contributed by atoms with E-state index in [1.807, 2.05) is 37.5 Å². The minimum atomic E-state index is -4.60. The standard InChI is InChI=1S/2C39H48F6N4O3.C4H4O4/c2*1-36(2)19-28-31(29(50)20-36)30(23-9-13-38(41,42)14-10-23)32(33(40)24-5-7-26(8-6-24)39(43,44)45)34(48-28)25-11-16-49(17-12-25)35-46-21-27(22-47-35)52-18-15-37(3,4)51;5-3(6)1-2-4(7)8/h2*5-8,21-23,25,29,33,50-51H,9-20H2,1-4H3;1-2H,(H,5,6)(H,7,8)/b;;2-1+/t2*29-,33-;/m00./s1. The average molecular weight is 1590 g/mol. The second-order valence-corrected chi connectivity index (χ2v) is 33.5. The zero-order valence-corrected chi connectivity index (χ0v) is 64.1. The van der Waals surface area contributed by atoms with Crippen LogP contribution >= 0.6 is 0 Å². The molecule has 6 heterocycles. The van der Waals surface area contributed by atoms with E-state index in [1.165, 1.54) is 0 Å². The molecule has 6 aromatic rings. The number of piperidine rings is 2. The van der Waals surface area contributed by atoms with Crippen LogP contribution in [0.15, 0.2) is 85.5 Å². The first kappa shape index (κ1) is 86.2. The fourth-order valence-electron chi connectivity index (χ4n) is 16.2. The normalized spacial score (nSPS) is 21.0. The highest BCUT2D eigenvalue weighted by Crippen LogP contribution is 2.56. The summed E-state index contributed by atoms with van der Waals surface area (Å²) in [4.78, 5) is 51.3. The minimum absolute atomic E-state index is 0.0136. The van der Waals surface area contributed by atoms with Crippen molar-refractivity contribution in [3.63, 3.8) is 0 Å². The van der Waals surface area contributed by atoms with Crippen molar-refractivity contribution in [1.82, 2.24) is 29.9 Å². The Morgan fingerprint density at radius 1 is 0.500 bits per heavy atom. The first-order chi connectivity index (χ1) is 52.2. The maximum atomic E-state index is 17.3. The van der Waals surface area contributed by atoms with Gasteiger partial charge in [-0.1, -0.05) is 52.0 Å². The average Bonchev–Trinajstić information content (AvgIpc) is 0.735. The van der Waals surface area contributed by atoms with Crippen LogP contribution in [-0.2, 0) is 34.8 Å². The minimum Gasteiger partial charge on any atom is -0.490 e. The van der Waals surface area contributed by atoms with Crippen LogP contribution in [0.4, 0.5) is 64.6 Å².